The lowest BCUT2D eigenvalue weighted by atomic mass is 10.1. The van der Waals surface area contributed by atoms with Gasteiger partial charge in [0.15, 0.2) is 12.1 Å². The van der Waals surface area contributed by atoms with Crippen molar-refractivity contribution in [1.82, 2.24) is 0 Å². The first-order chi connectivity index (χ1) is 12.4. The summed E-state index contributed by atoms with van der Waals surface area (Å²) in [4.78, 5) is 2.78. The summed E-state index contributed by atoms with van der Waals surface area (Å²) in [6.45, 7) is 3.53. The van der Waals surface area contributed by atoms with Crippen LogP contribution in [0.5, 0.6) is 0 Å². The molecule has 2 heterocycles. The lowest BCUT2D eigenvalue weighted by Gasteiger charge is -2.28. The number of hydrogen-bond acceptors (Lipinski definition) is 7. The molecule has 0 saturated carbocycles. The Bertz CT molecular complexity index is 678. The summed E-state index contributed by atoms with van der Waals surface area (Å²) in [5.41, 5.74) is 10.2. The fourth-order valence-corrected chi connectivity index (χ4v) is 3.25. The van der Waals surface area contributed by atoms with Crippen LogP contribution in [0.1, 0.15) is 25.0 Å². The van der Waals surface area contributed by atoms with Crippen molar-refractivity contribution in [3.8, 4) is 0 Å². The van der Waals surface area contributed by atoms with E-state index in [-0.39, 0.29) is 13.2 Å². The monoisotopic (exact) mass is 365 g/mol. The highest BCUT2D eigenvalue weighted by Gasteiger charge is 2.56. The van der Waals surface area contributed by atoms with Crippen molar-refractivity contribution in [2.75, 3.05) is 6.61 Å². The fourth-order valence-electron chi connectivity index (χ4n) is 3.25. The van der Waals surface area contributed by atoms with Crippen LogP contribution in [0.15, 0.2) is 29.4 Å². The Morgan fingerprint density at radius 1 is 1.31 bits per heavy atom. The summed E-state index contributed by atoms with van der Waals surface area (Å²) in [5.74, 6) is -0.814. The van der Waals surface area contributed by atoms with Gasteiger partial charge in [0.2, 0.25) is 0 Å². The Morgan fingerprint density at radius 3 is 2.73 bits per heavy atom. The molecule has 9 nitrogen and oxygen atoms in total. The topological polar surface area (TPSA) is 126 Å². The van der Waals surface area contributed by atoms with Gasteiger partial charge in [-0.05, 0) is 30.5 Å². The smallest absolute Gasteiger partial charge is 0.190 e. The van der Waals surface area contributed by atoms with E-state index in [9.17, 15) is 10.2 Å². The molecule has 2 saturated heterocycles. The normalized spacial score (nSPS) is 30.6. The van der Waals surface area contributed by atoms with E-state index in [4.69, 9.17) is 24.5 Å². The molecule has 2 aliphatic heterocycles. The molecule has 2 N–H and O–H groups in total. The van der Waals surface area contributed by atoms with E-state index in [0.29, 0.717) is 0 Å². The zero-order valence-electron chi connectivity index (χ0n) is 14.7. The van der Waals surface area contributed by atoms with Gasteiger partial charge in [-0.1, -0.05) is 29.4 Å². The Morgan fingerprint density at radius 2 is 2.04 bits per heavy atom. The van der Waals surface area contributed by atoms with E-state index in [1.165, 1.54) is 0 Å². The van der Waals surface area contributed by atoms with Gasteiger partial charge in [0.05, 0.1) is 19.8 Å². The highest BCUT2D eigenvalue weighted by atomic mass is 16.8. The predicted molar refractivity (Wildman–Crippen MR) is 89.7 cm³/mol. The molecule has 0 radical (unpaired) electrons. The van der Waals surface area contributed by atoms with Crippen LogP contribution in [-0.2, 0) is 32.1 Å². The van der Waals surface area contributed by atoms with Gasteiger partial charge in [-0.15, -0.1) is 0 Å². The van der Waals surface area contributed by atoms with Gasteiger partial charge < -0.3 is 29.2 Å². The third-order valence-corrected chi connectivity index (χ3v) is 4.45. The maximum atomic E-state index is 10.1. The number of ether oxygens (including phenoxy) is 4. The Kier molecular flexibility index (Phi) is 5.79. The standard InChI is InChI=1S/C17H23N3O6/c1-17(2)25-15-14(13(12(22)8-21)24-16(15)26-17)23-9-11-6-4-3-5-10(11)7-19-20-18/h3-6,12-16,21-22H,7-9H2,1-2H3/t12-,13-,14+,15-,16-/m1/s1. The molecular weight excluding hydrogens is 342 g/mol. The minimum atomic E-state index is -1.11. The Labute approximate surface area is 151 Å². The van der Waals surface area contributed by atoms with Crippen LogP contribution >= 0.6 is 0 Å². The van der Waals surface area contributed by atoms with E-state index in [1.807, 2.05) is 24.3 Å². The Hall–Kier alpha value is -1.71. The largest absolute Gasteiger partial charge is 0.394 e. The first kappa shape index (κ1) is 19.1. The highest BCUT2D eigenvalue weighted by Crippen LogP contribution is 2.40. The summed E-state index contributed by atoms with van der Waals surface area (Å²) in [7, 11) is 0. The third kappa shape index (κ3) is 3.99. The number of nitrogens with zero attached hydrogens (tertiary/aromatic N) is 3. The van der Waals surface area contributed by atoms with Crippen molar-refractivity contribution in [3.63, 3.8) is 0 Å². The minimum Gasteiger partial charge on any atom is -0.394 e. The molecule has 0 bridgehead atoms. The van der Waals surface area contributed by atoms with Crippen LogP contribution in [0.25, 0.3) is 10.4 Å². The lowest BCUT2D eigenvalue weighted by Crippen LogP contribution is -2.44. The summed E-state index contributed by atoms with van der Waals surface area (Å²) in [6.07, 6.45) is -3.67. The zero-order valence-corrected chi connectivity index (χ0v) is 14.7. The number of benzene rings is 1. The second-order valence-corrected chi connectivity index (χ2v) is 6.75. The number of fused-ring (bicyclic) bond motifs is 1. The molecule has 3 rings (SSSR count). The number of hydrogen-bond donors (Lipinski definition) is 2. The lowest BCUT2D eigenvalue weighted by molar-refractivity contribution is -0.232. The summed E-state index contributed by atoms with van der Waals surface area (Å²) in [6, 6.07) is 7.46. The van der Waals surface area contributed by atoms with Gasteiger partial charge >= 0.3 is 0 Å². The van der Waals surface area contributed by atoms with E-state index in [1.54, 1.807) is 13.8 Å². The predicted octanol–water partition coefficient (Wildman–Crippen LogP) is 1.61. The fraction of sp³-hybridized carbons (Fsp3) is 0.647. The Balaban J connectivity index is 1.74. The van der Waals surface area contributed by atoms with Gasteiger partial charge in [-0.3, -0.25) is 0 Å². The number of rotatable bonds is 7. The van der Waals surface area contributed by atoms with Gasteiger partial charge in [0.25, 0.3) is 0 Å². The van der Waals surface area contributed by atoms with Crippen molar-refractivity contribution in [1.29, 1.82) is 0 Å². The molecular formula is C17H23N3O6. The van der Waals surface area contributed by atoms with Crippen molar-refractivity contribution in [2.45, 2.75) is 63.5 Å². The molecule has 1 aromatic carbocycles. The molecule has 0 amide bonds. The zero-order chi connectivity index (χ0) is 18.7. The van der Waals surface area contributed by atoms with E-state index < -0.39 is 43.1 Å². The molecule has 1 aromatic rings. The van der Waals surface area contributed by atoms with E-state index >= 15 is 0 Å². The van der Waals surface area contributed by atoms with Crippen molar-refractivity contribution < 1.29 is 29.2 Å². The molecule has 0 aliphatic carbocycles. The van der Waals surface area contributed by atoms with Crippen molar-refractivity contribution in [3.05, 3.63) is 45.8 Å². The van der Waals surface area contributed by atoms with Crippen LogP contribution in [0, 0.1) is 0 Å². The quantitative estimate of drug-likeness (QED) is 0.429. The van der Waals surface area contributed by atoms with Crippen LogP contribution < -0.4 is 0 Å². The third-order valence-electron chi connectivity index (χ3n) is 4.45. The molecule has 0 spiro atoms. The van der Waals surface area contributed by atoms with Crippen LogP contribution in [0.4, 0.5) is 0 Å². The molecule has 2 aliphatic rings. The molecule has 9 heteroatoms. The van der Waals surface area contributed by atoms with Crippen LogP contribution in [0.3, 0.4) is 0 Å². The van der Waals surface area contributed by atoms with E-state index in [2.05, 4.69) is 10.0 Å². The summed E-state index contributed by atoms with van der Waals surface area (Å²) < 4.78 is 23.3. The average molecular weight is 365 g/mol. The minimum absolute atomic E-state index is 0.215. The van der Waals surface area contributed by atoms with Gasteiger partial charge in [0, 0.05) is 4.91 Å². The first-order valence-corrected chi connectivity index (χ1v) is 8.44. The molecule has 142 valence electrons. The second kappa shape index (κ2) is 7.89. The molecule has 2 fully saturated rings. The number of aliphatic hydroxyl groups excluding tert-OH is 2. The number of azide groups is 1. The molecule has 0 aromatic heterocycles. The van der Waals surface area contributed by atoms with Gasteiger partial charge in [-0.25, -0.2) is 0 Å². The summed E-state index contributed by atoms with van der Waals surface area (Å²) in [5, 5.41) is 22.9. The van der Waals surface area contributed by atoms with Crippen molar-refractivity contribution >= 4 is 0 Å². The van der Waals surface area contributed by atoms with Crippen LogP contribution in [-0.4, -0.2) is 53.3 Å². The molecule has 26 heavy (non-hydrogen) atoms. The molecule has 0 unspecified atom stereocenters. The highest BCUT2D eigenvalue weighted by molar-refractivity contribution is 5.26. The number of aliphatic hydroxyl groups is 2. The van der Waals surface area contributed by atoms with E-state index in [0.717, 1.165) is 11.1 Å². The van der Waals surface area contributed by atoms with Gasteiger partial charge in [-0.2, -0.15) is 0 Å². The SMILES string of the molecule is CC1(C)O[C@H]2O[C@H]([C@H](O)CO)[C@H](OCc3ccccc3CN=[N+]=[N-])[C@H]2O1. The molecule has 5 atom stereocenters. The average Bonchev–Trinajstić information content (AvgIpc) is 3.10. The van der Waals surface area contributed by atoms with Crippen LogP contribution in [0.2, 0.25) is 0 Å². The first-order valence-electron chi connectivity index (χ1n) is 8.44. The maximum absolute atomic E-state index is 10.1. The second-order valence-electron chi connectivity index (χ2n) is 6.75. The summed E-state index contributed by atoms with van der Waals surface area (Å²) >= 11 is 0. The maximum Gasteiger partial charge on any atom is 0.190 e. The van der Waals surface area contributed by atoms with Crippen molar-refractivity contribution in [2.24, 2.45) is 5.11 Å². The van der Waals surface area contributed by atoms with Gasteiger partial charge in [0.1, 0.15) is 24.4 Å².